The maximum absolute atomic E-state index is 9.01. The summed E-state index contributed by atoms with van der Waals surface area (Å²) in [5.41, 5.74) is 5.55. The van der Waals surface area contributed by atoms with Gasteiger partial charge < -0.3 is 20.7 Å². The molecule has 2 heterocycles. The van der Waals surface area contributed by atoms with Gasteiger partial charge in [-0.3, -0.25) is 10.4 Å². The molecule has 0 radical (unpaired) electrons. The average molecular weight is 470 g/mol. The van der Waals surface area contributed by atoms with Crippen LogP contribution in [0.25, 0.3) is 5.57 Å². The monoisotopic (exact) mass is 469 g/mol. The van der Waals surface area contributed by atoms with Gasteiger partial charge in [0.1, 0.15) is 18.2 Å². The molecule has 1 saturated heterocycles. The number of pyridine rings is 1. The second kappa shape index (κ2) is 11.7. The Morgan fingerprint density at radius 3 is 2.40 bits per heavy atom. The summed E-state index contributed by atoms with van der Waals surface area (Å²) in [7, 11) is 1.96. The molecule has 1 fully saturated rings. The number of aromatic nitrogens is 1. The highest BCUT2D eigenvalue weighted by Gasteiger charge is 2.22. The molecular weight excluding hydrogens is 434 g/mol. The third-order valence-electron chi connectivity index (χ3n) is 6.26. The standard InChI is InChI=1S/C29H35N5O/c1-20(2)22-6-4-21(5-7-22)19-35-26-10-8-23(9-11-26)27(28(30)24-12-15-32-16-13-24)29-33-17-14-25(34-29)18-31-3/h4-13,15-16,20,25,30-31,33-34H,14,17-19H2,1-3H3/b29-27-,30-28?. The SMILES string of the molecule is CNCC1CCN/C(=C(/C(=N)c2ccncc2)c2ccc(OCc3ccc(C(C)C)cc3)cc2)N1. The van der Waals surface area contributed by atoms with Crippen LogP contribution in [0.3, 0.4) is 0 Å². The van der Waals surface area contributed by atoms with Crippen LogP contribution in [-0.2, 0) is 6.61 Å². The van der Waals surface area contributed by atoms with Crippen molar-refractivity contribution in [2.24, 2.45) is 0 Å². The summed E-state index contributed by atoms with van der Waals surface area (Å²) in [6, 6.07) is 20.7. The van der Waals surface area contributed by atoms with Gasteiger partial charge in [0.2, 0.25) is 0 Å². The molecule has 35 heavy (non-hydrogen) atoms. The summed E-state index contributed by atoms with van der Waals surface area (Å²) in [6.07, 6.45) is 4.47. The van der Waals surface area contributed by atoms with Gasteiger partial charge in [0.15, 0.2) is 0 Å². The molecule has 0 bridgehead atoms. The number of likely N-dealkylation sites (N-methyl/N-ethyl adjacent to an activating group) is 1. The molecule has 2 aromatic carbocycles. The molecule has 1 aliphatic heterocycles. The number of allylic oxidation sites excluding steroid dienone is 1. The Morgan fingerprint density at radius 2 is 1.74 bits per heavy atom. The minimum absolute atomic E-state index is 0.307. The highest BCUT2D eigenvalue weighted by Crippen LogP contribution is 2.26. The lowest BCUT2D eigenvalue weighted by atomic mass is 9.95. The fraction of sp³-hybridized carbons (Fsp3) is 0.310. The predicted molar refractivity (Wildman–Crippen MR) is 143 cm³/mol. The van der Waals surface area contributed by atoms with Crippen LogP contribution < -0.4 is 20.7 Å². The second-order valence-electron chi connectivity index (χ2n) is 9.18. The van der Waals surface area contributed by atoms with E-state index in [1.54, 1.807) is 12.4 Å². The normalized spacial score (nSPS) is 16.9. The molecule has 3 aromatic rings. The van der Waals surface area contributed by atoms with Crippen molar-refractivity contribution < 1.29 is 4.74 Å². The molecule has 1 aliphatic rings. The van der Waals surface area contributed by atoms with Crippen molar-refractivity contribution in [1.29, 1.82) is 5.41 Å². The lowest BCUT2D eigenvalue weighted by Gasteiger charge is -2.30. The van der Waals surface area contributed by atoms with Crippen LogP contribution in [0.15, 0.2) is 78.9 Å². The summed E-state index contributed by atoms with van der Waals surface area (Å²) in [6.45, 7) is 6.65. The summed E-state index contributed by atoms with van der Waals surface area (Å²) in [5, 5.41) is 19.3. The second-order valence-corrected chi connectivity index (χ2v) is 9.18. The van der Waals surface area contributed by atoms with Gasteiger partial charge in [0, 0.05) is 42.7 Å². The number of hydrogen-bond acceptors (Lipinski definition) is 6. The molecule has 1 atom stereocenters. The van der Waals surface area contributed by atoms with E-state index in [0.717, 1.165) is 53.3 Å². The van der Waals surface area contributed by atoms with Crippen LogP contribution in [0, 0.1) is 5.41 Å². The van der Waals surface area contributed by atoms with Crippen LogP contribution in [0.2, 0.25) is 0 Å². The summed E-state index contributed by atoms with van der Waals surface area (Å²) < 4.78 is 6.05. The highest BCUT2D eigenvalue weighted by molar-refractivity contribution is 6.30. The van der Waals surface area contributed by atoms with Crippen molar-refractivity contribution in [3.05, 3.63) is 101 Å². The fourth-order valence-electron chi connectivity index (χ4n) is 4.22. The van der Waals surface area contributed by atoms with Crippen LogP contribution in [-0.4, -0.2) is 36.9 Å². The van der Waals surface area contributed by atoms with Gasteiger partial charge in [-0.15, -0.1) is 0 Å². The van der Waals surface area contributed by atoms with Crippen molar-refractivity contribution >= 4 is 11.3 Å². The quantitative estimate of drug-likeness (QED) is 0.342. The van der Waals surface area contributed by atoms with E-state index in [1.165, 1.54) is 5.56 Å². The van der Waals surface area contributed by atoms with Crippen LogP contribution in [0.4, 0.5) is 0 Å². The van der Waals surface area contributed by atoms with Crippen molar-refractivity contribution in [2.75, 3.05) is 20.1 Å². The van der Waals surface area contributed by atoms with E-state index in [2.05, 4.69) is 59.0 Å². The van der Waals surface area contributed by atoms with Crippen LogP contribution >= 0.6 is 0 Å². The number of nitrogens with one attached hydrogen (secondary N) is 4. The van der Waals surface area contributed by atoms with Crippen LogP contribution in [0.5, 0.6) is 5.75 Å². The zero-order valence-electron chi connectivity index (χ0n) is 20.8. The first-order chi connectivity index (χ1) is 17.0. The van der Waals surface area contributed by atoms with E-state index in [-0.39, 0.29) is 0 Å². The van der Waals surface area contributed by atoms with E-state index >= 15 is 0 Å². The van der Waals surface area contributed by atoms with Gasteiger partial charge in [-0.05, 0) is 60.3 Å². The summed E-state index contributed by atoms with van der Waals surface area (Å²) in [5.74, 6) is 2.21. The Labute approximate surface area is 208 Å². The predicted octanol–water partition coefficient (Wildman–Crippen LogP) is 4.69. The third-order valence-corrected chi connectivity index (χ3v) is 6.26. The Morgan fingerprint density at radius 1 is 1.03 bits per heavy atom. The van der Waals surface area contributed by atoms with Gasteiger partial charge in [0.25, 0.3) is 0 Å². The van der Waals surface area contributed by atoms with Crippen LogP contribution in [0.1, 0.15) is 48.4 Å². The molecular formula is C29H35N5O. The molecule has 0 spiro atoms. The Bertz CT molecular complexity index is 1140. The molecule has 0 amide bonds. The number of benzene rings is 2. The maximum atomic E-state index is 9.01. The smallest absolute Gasteiger partial charge is 0.119 e. The Hall–Kier alpha value is -3.64. The molecule has 4 N–H and O–H groups in total. The first-order valence-electron chi connectivity index (χ1n) is 12.3. The van der Waals surface area contributed by atoms with Gasteiger partial charge in [-0.2, -0.15) is 0 Å². The average Bonchev–Trinajstić information content (AvgIpc) is 2.89. The van der Waals surface area contributed by atoms with Gasteiger partial charge in [-0.1, -0.05) is 50.2 Å². The van der Waals surface area contributed by atoms with Crippen molar-refractivity contribution in [3.63, 3.8) is 0 Å². The molecule has 0 aliphatic carbocycles. The zero-order valence-corrected chi connectivity index (χ0v) is 20.8. The molecule has 6 nitrogen and oxygen atoms in total. The van der Waals surface area contributed by atoms with Gasteiger partial charge in [-0.25, -0.2) is 0 Å². The van der Waals surface area contributed by atoms with Crippen molar-refractivity contribution in [2.45, 2.75) is 38.8 Å². The largest absolute Gasteiger partial charge is 0.489 e. The number of rotatable bonds is 9. The highest BCUT2D eigenvalue weighted by atomic mass is 16.5. The number of hydrogen-bond donors (Lipinski definition) is 4. The zero-order chi connectivity index (χ0) is 24.6. The number of nitrogens with zero attached hydrogens (tertiary/aromatic N) is 1. The van der Waals surface area contributed by atoms with Crippen molar-refractivity contribution in [3.8, 4) is 5.75 Å². The van der Waals surface area contributed by atoms with E-state index in [4.69, 9.17) is 10.1 Å². The summed E-state index contributed by atoms with van der Waals surface area (Å²) in [4.78, 5) is 4.11. The molecule has 182 valence electrons. The molecule has 6 heteroatoms. The van der Waals surface area contributed by atoms with E-state index < -0.39 is 0 Å². The number of ether oxygens (including phenoxy) is 1. The minimum Gasteiger partial charge on any atom is -0.489 e. The lowest BCUT2D eigenvalue weighted by molar-refractivity contribution is 0.306. The molecule has 0 saturated carbocycles. The fourth-order valence-corrected chi connectivity index (χ4v) is 4.22. The third kappa shape index (κ3) is 6.28. The summed E-state index contributed by atoms with van der Waals surface area (Å²) >= 11 is 0. The van der Waals surface area contributed by atoms with Gasteiger partial charge in [0.05, 0.1) is 5.71 Å². The van der Waals surface area contributed by atoms with E-state index in [9.17, 15) is 0 Å². The maximum Gasteiger partial charge on any atom is 0.119 e. The first kappa shape index (κ1) is 24.5. The Kier molecular flexibility index (Phi) is 8.16. The first-order valence-corrected chi connectivity index (χ1v) is 12.3. The topological polar surface area (TPSA) is 82.1 Å². The van der Waals surface area contributed by atoms with Gasteiger partial charge >= 0.3 is 0 Å². The molecule has 1 aromatic heterocycles. The minimum atomic E-state index is 0.307. The van der Waals surface area contributed by atoms with E-state index in [0.29, 0.717) is 24.3 Å². The Balaban J connectivity index is 1.55. The lowest BCUT2D eigenvalue weighted by Crippen LogP contribution is -2.48. The molecule has 4 rings (SSSR count). The van der Waals surface area contributed by atoms with Crippen molar-refractivity contribution in [1.82, 2.24) is 20.9 Å². The molecule has 1 unspecified atom stereocenters. The van der Waals surface area contributed by atoms with E-state index in [1.807, 2.05) is 43.4 Å².